The minimum absolute atomic E-state index is 0.0539. The zero-order valence-corrected chi connectivity index (χ0v) is 18.7. The van der Waals surface area contributed by atoms with Crippen LogP contribution in [0, 0.1) is 21.4 Å². The molecule has 33 heavy (non-hydrogen) atoms. The number of carbonyl (C=O) groups is 3. The van der Waals surface area contributed by atoms with Crippen molar-refractivity contribution in [3.63, 3.8) is 0 Å². The van der Waals surface area contributed by atoms with Crippen molar-refractivity contribution in [2.75, 3.05) is 18.5 Å². The number of esters is 2. The van der Waals surface area contributed by atoms with Gasteiger partial charge in [-0.05, 0) is 44.2 Å². The highest BCUT2D eigenvalue weighted by atomic mass is 32.1. The fraction of sp³-hybridized carbons (Fsp3) is 0.364. The first kappa shape index (κ1) is 23.9. The van der Waals surface area contributed by atoms with E-state index in [0.29, 0.717) is 10.6 Å². The van der Waals surface area contributed by atoms with E-state index in [1.807, 2.05) is 0 Å². The Labute approximate surface area is 193 Å². The maximum atomic E-state index is 12.4. The number of non-ortho nitro benzene ring substituents is 1. The van der Waals surface area contributed by atoms with Crippen molar-refractivity contribution in [1.29, 1.82) is 5.26 Å². The molecule has 0 aliphatic heterocycles. The van der Waals surface area contributed by atoms with Gasteiger partial charge >= 0.3 is 11.9 Å². The third kappa shape index (κ3) is 5.72. The number of hydrogen-bond donors (Lipinski definition) is 1. The monoisotopic (exact) mass is 471 g/mol. The van der Waals surface area contributed by atoms with Crippen molar-refractivity contribution in [1.82, 2.24) is 0 Å². The summed E-state index contributed by atoms with van der Waals surface area (Å²) < 4.78 is 9.81. The second kappa shape index (κ2) is 10.7. The first-order chi connectivity index (χ1) is 15.8. The molecule has 0 spiro atoms. The van der Waals surface area contributed by atoms with Crippen LogP contribution in [0.5, 0.6) is 0 Å². The lowest BCUT2D eigenvalue weighted by Crippen LogP contribution is -2.21. The summed E-state index contributed by atoms with van der Waals surface area (Å²) >= 11 is 1.35. The molecule has 10 nitrogen and oxygen atoms in total. The van der Waals surface area contributed by atoms with Crippen molar-refractivity contribution in [3.05, 3.63) is 55.4 Å². The van der Waals surface area contributed by atoms with Crippen LogP contribution >= 0.6 is 11.3 Å². The SMILES string of the molecule is CCOC(=O)c1cc(C(=O)OCC(=O)Nc2sc3c(c2C#N)CCCCC3)cc([N+](=O)[O-])c1. The van der Waals surface area contributed by atoms with E-state index in [4.69, 9.17) is 9.47 Å². The second-order valence-electron chi connectivity index (χ2n) is 7.25. The highest BCUT2D eigenvalue weighted by molar-refractivity contribution is 7.16. The van der Waals surface area contributed by atoms with Crippen LogP contribution in [0.15, 0.2) is 18.2 Å². The van der Waals surface area contributed by atoms with E-state index in [9.17, 15) is 29.8 Å². The van der Waals surface area contributed by atoms with Gasteiger partial charge in [-0.1, -0.05) is 6.42 Å². The molecule has 0 radical (unpaired) electrons. The summed E-state index contributed by atoms with van der Waals surface area (Å²) in [7, 11) is 0. The van der Waals surface area contributed by atoms with E-state index in [2.05, 4.69) is 11.4 Å². The van der Waals surface area contributed by atoms with Gasteiger partial charge in [0.25, 0.3) is 11.6 Å². The van der Waals surface area contributed by atoms with Gasteiger partial charge in [0.2, 0.25) is 0 Å². The summed E-state index contributed by atoms with van der Waals surface area (Å²) in [4.78, 5) is 48.2. The van der Waals surface area contributed by atoms with Gasteiger partial charge in [0.15, 0.2) is 6.61 Å². The molecule has 172 valence electrons. The van der Waals surface area contributed by atoms with E-state index in [-0.39, 0.29) is 17.7 Å². The molecule has 3 rings (SSSR count). The number of nitro groups is 1. The Bertz CT molecular complexity index is 1150. The van der Waals surface area contributed by atoms with Crippen LogP contribution in [0.3, 0.4) is 0 Å². The van der Waals surface area contributed by atoms with E-state index in [1.165, 1.54) is 11.3 Å². The molecule has 2 aromatic rings. The first-order valence-corrected chi connectivity index (χ1v) is 11.1. The maximum Gasteiger partial charge on any atom is 0.338 e. The number of rotatable bonds is 7. The normalized spacial score (nSPS) is 12.6. The molecule has 0 fully saturated rings. The van der Waals surface area contributed by atoms with E-state index in [1.54, 1.807) is 6.92 Å². The number of anilines is 1. The zero-order chi connectivity index (χ0) is 24.0. The molecule has 1 amide bonds. The number of hydrogen-bond acceptors (Lipinski definition) is 9. The number of nitrogens with one attached hydrogen (secondary N) is 1. The smallest absolute Gasteiger partial charge is 0.338 e. The standard InChI is InChI=1S/C22H21N3O7S/c1-2-31-21(27)13-8-14(10-15(9-13)25(29)30)22(28)32-12-19(26)24-20-17(11-23)16-6-4-3-5-7-18(16)33-20/h8-10H,2-7,12H2,1H3,(H,24,26). The minimum Gasteiger partial charge on any atom is -0.462 e. The van der Waals surface area contributed by atoms with Gasteiger partial charge < -0.3 is 14.8 Å². The Balaban J connectivity index is 1.70. The summed E-state index contributed by atoms with van der Waals surface area (Å²) in [6, 6.07) is 5.20. The molecule has 1 heterocycles. The summed E-state index contributed by atoms with van der Waals surface area (Å²) in [5.41, 5.74) is 0.474. The van der Waals surface area contributed by atoms with Crippen molar-refractivity contribution in [2.45, 2.75) is 39.0 Å². The molecule has 0 saturated carbocycles. The highest BCUT2D eigenvalue weighted by Crippen LogP contribution is 2.36. The van der Waals surface area contributed by atoms with Crippen molar-refractivity contribution >= 4 is 39.9 Å². The van der Waals surface area contributed by atoms with Crippen LogP contribution < -0.4 is 5.32 Å². The number of thiophene rings is 1. The number of amides is 1. The summed E-state index contributed by atoms with van der Waals surface area (Å²) in [5.74, 6) is -2.48. The van der Waals surface area contributed by atoms with E-state index >= 15 is 0 Å². The Morgan fingerprint density at radius 3 is 2.42 bits per heavy atom. The number of nitriles is 1. The number of nitrogens with zero attached hydrogens (tertiary/aromatic N) is 2. The molecule has 0 saturated heterocycles. The highest BCUT2D eigenvalue weighted by Gasteiger charge is 2.23. The van der Waals surface area contributed by atoms with Gasteiger partial charge in [0.05, 0.1) is 28.2 Å². The van der Waals surface area contributed by atoms with Crippen molar-refractivity contribution < 1.29 is 28.8 Å². The molecular weight excluding hydrogens is 450 g/mol. The third-order valence-corrected chi connectivity index (χ3v) is 6.20. The molecule has 0 unspecified atom stereocenters. The summed E-state index contributed by atoms with van der Waals surface area (Å²) in [5, 5.41) is 23.7. The number of fused-ring (bicyclic) bond motifs is 1. The molecule has 1 N–H and O–H groups in total. The van der Waals surface area contributed by atoms with Gasteiger partial charge in [0.1, 0.15) is 11.1 Å². The topological polar surface area (TPSA) is 149 Å². The van der Waals surface area contributed by atoms with Crippen molar-refractivity contribution in [2.24, 2.45) is 0 Å². The molecule has 1 aliphatic carbocycles. The Kier molecular flexibility index (Phi) is 7.74. The minimum atomic E-state index is -1.01. The average molecular weight is 471 g/mol. The predicted molar refractivity (Wildman–Crippen MR) is 118 cm³/mol. The third-order valence-electron chi connectivity index (χ3n) is 5.00. The van der Waals surface area contributed by atoms with Crippen LogP contribution in [0.4, 0.5) is 10.7 Å². The van der Waals surface area contributed by atoms with Gasteiger partial charge in [-0.15, -0.1) is 11.3 Å². The van der Waals surface area contributed by atoms with Crippen LogP contribution in [0.1, 0.15) is 62.9 Å². The van der Waals surface area contributed by atoms with Gasteiger partial charge in [-0.25, -0.2) is 9.59 Å². The van der Waals surface area contributed by atoms with Crippen LogP contribution in [-0.2, 0) is 27.1 Å². The summed E-state index contributed by atoms with van der Waals surface area (Å²) in [6.07, 6.45) is 4.75. The number of ether oxygens (including phenoxy) is 2. The van der Waals surface area contributed by atoms with Crippen LogP contribution in [0.25, 0.3) is 0 Å². The number of carbonyl (C=O) groups excluding carboxylic acids is 3. The Morgan fingerprint density at radius 2 is 1.79 bits per heavy atom. The molecular formula is C22H21N3O7S. The Hall–Kier alpha value is -3.78. The fourth-order valence-electron chi connectivity index (χ4n) is 3.49. The molecule has 11 heteroatoms. The van der Waals surface area contributed by atoms with Crippen LogP contribution in [0.2, 0.25) is 0 Å². The zero-order valence-electron chi connectivity index (χ0n) is 17.8. The fourth-order valence-corrected chi connectivity index (χ4v) is 4.75. The molecule has 0 bridgehead atoms. The van der Waals surface area contributed by atoms with E-state index < -0.39 is 35.1 Å². The summed E-state index contributed by atoms with van der Waals surface area (Å²) in [6.45, 7) is 0.967. The number of nitro benzene ring substituents is 1. The van der Waals surface area contributed by atoms with Gasteiger partial charge in [0, 0.05) is 17.0 Å². The lowest BCUT2D eigenvalue weighted by molar-refractivity contribution is -0.384. The van der Waals surface area contributed by atoms with Gasteiger partial charge in [-0.3, -0.25) is 14.9 Å². The molecule has 1 aliphatic rings. The predicted octanol–water partition coefficient (Wildman–Crippen LogP) is 3.77. The maximum absolute atomic E-state index is 12.4. The Morgan fingerprint density at radius 1 is 1.12 bits per heavy atom. The average Bonchev–Trinajstić information content (AvgIpc) is 2.95. The number of benzene rings is 1. The van der Waals surface area contributed by atoms with E-state index in [0.717, 1.165) is 60.7 Å². The van der Waals surface area contributed by atoms with Crippen LogP contribution in [-0.4, -0.2) is 36.0 Å². The molecule has 1 aromatic heterocycles. The quantitative estimate of drug-likeness (QED) is 0.278. The number of aryl methyl sites for hydroxylation is 1. The van der Waals surface area contributed by atoms with Gasteiger partial charge in [-0.2, -0.15) is 5.26 Å². The molecule has 1 aromatic carbocycles. The van der Waals surface area contributed by atoms with Crippen molar-refractivity contribution in [3.8, 4) is 6.07 Å². The molecule has 0 atom stereocenters. The lowest BCUT2D eigenvalue weighted by atomic mass is 10.1. The largest absolute Gasteiger partial charge is 0.462 e. The lowest BCUT2D eigenvalue weighted by Gasteiger charge is -2.08. The second-order valence-corrected chi connectivity index (χ2v) is 8.36. The first-order valence-electron chi connectivity index (χ1n) is 10.3.